The third-order valence-electron chi connectivity index (χ3n) is 10.1. The van der Waals surface area contributed by atoms with Gasteiger partial charge in [0.1, 0.15) is 36.6 Å². The van der Waals surface area contributed by atoms with Gasteiger partial charge in [0, 0.05) is 0 Å². The maximum absolute atomic E-state index is 12.9. The number of hydrogen-bond donors (Lipinski definition) is 9. The first-order valence-electron chi connectivity index (χ1n) is 20.7. The number of carbonyl (C=O) groups is 1. The lowest BCUT2D eigenvalue weighted by Gasteiger charge is -2.41. The van der Waals surface area contributed by atoms with Crippen molar-refractivity contribution in [2.45, 2.75) is 223 Å². The van der Waals surface area contributed by atoms with Gasteiger partial charge in [0.2, 0.25) is 5.91 Å². The summed E-state index contributed by atoms with van der Waals surface area (Å²) in [5, 5.41) is 74.2. The van der Waals surface area contributed by atoms with Gasteiger partial charge in [-0.15, -0.1) is 0 Å². The molecular weight excluding hydrogens is 705 g/mol. The van der Waals surface area contributed by atoms with Crippen LogP contribution in [0, 0.1) is 0 Å². The lowest BCUT2D eigenvalue weighted by Crippen LogP contribution is -2.64. The number of amides is 1. The Hall–Kier alpha value is -0.960. The van der Waals surface area contributed by atoms with E-state index in [1.807, 2.05) is 0 Å². The van der Waals surface area contributed by atoms with Crippen LogP contribution in [0.4, 0.5) is 0 Å². The van der Waals surface area contributed by atoms with Crippen molar-refractivity contribution in [2.75, 3.05) is 6.61 Å². The summed E-state index contributed by atoms with van der Waals surface area (Å²) in [5.41, 5.74) is 0. The zero-order valence-corrected chi connectivity index (χ0v) is 33.6. The van der Waals surface area contributed by atoms with Crippen molar-refractivity contribution in [1.82, 2.24) is 5.32 Å². The molecule has 0 radical (unpaired) electrons. The number of carbonyl (C=O) groups excluding carboxylic acids is 1. The third-order valence-corrected chi connectivity index (χ3v) is 11.1. The Morgan fingerprint density at radius 3 is 1.58 bits per heavy atom. The summed E-state index contributed by atoms with van der Waals surface area (Å²) < 4.78 is 22.8. The van der Waals surface area contributed by atoms with Gasteiger partial charge in [-0.3, -0.25) is 13.8 Å². The molecule has 53 heavy (non-hydrogen) atoms. The summed E-state index contributed by atoms with van der Waals surface area (Å²) in [6.45, 7) is 3.69. The normalized spacial score (nSPS) is 24.9. The quantitative estimate of drug-likeness (QED) is 0.0230. The van der Waals surface area contributed by atoms with Gasteiger partial charge < -0.3 is 46.0 Å². The molecule has 314 valence electrons. The van der Waals surface area contributed by atoms with E-state index in [4.69, 9.17) is 9.05 Å². The number of hydrogen-bond acceptors (Lipinski definition) is 11. The molecule has 14 heteroatoms. The fourth-order valence-corrected chi connectivity index (χ4v) is 7.60. The fourth-order valence-electron chi connectivity index (χ4n) is 6.64. The van der Waals surface area contributed by atoms with Crippen molar-refractivity contribution in [3.05, 3.63) is 12.2 Å². The Labute approximate surface area is 319 Å². The molecule has 1 aliphatic carbocycles. The van der Waals surface area contributed by atoms with Crippen LogP contribution in [0.2, 0.25) is 0 Å². The third kappa shape index (κ3) is 23.0. The second-order valence-electron chi connectivity index (χ2n) is 15.0. The zero-order chi connectivity index (χ0) is 39.5. The second kappa shape index (κ2) is 30.2. The molecule has 13 nitrogen and oxygen atoms in total. The summed E-state index contributed by atoms with van der Waals surface area (Å²) in [4.78, 5) is 23.3. The lowest BCUT2D eigenvalue weighted by molar-refractivity contribution is -0.220. The number of allylic oxidation sites excluding steroid dienone is 2. The molecule has 8 atom stereocenters. The van der Waals surface area contributed by atoms with Crippen LogP contribution in [0.25, 0.3) is 0 Å². The lowest BCUT2D eigenvalue weighted by atomic mass is 9.85. The SMILES string of the molecule is CCCC/C=C\CCCCC(O)CC(=O)NC(COP(=O)(O)OC1C(O)C(O)C(O)C(O)C1O)C(O)CCCCCCCCCCCCCCCCC. The average Bonchev–Trinajstić information content (AvgIpc) is 3.12. The minimum atomic E-state index is -5.11. The Bertz CT molecular complexity index is 974. The van der Waals surface area contributed by atoms with Crippen LogP contribution in [0.15, 0.2) is 12.2 Å². The van der Waals surface area contributed by atoms with Gasteiger partial charge in [-0.25, -0.2) is 4.57 Å². The van der Waals surface area contributed by atoms with Crippen LogP contribution in [0.3, 0.4) is 0 Å². The minimum Gasteiger partial charge on any atom is -0.393 e. The first-order chi connectivity index (χ1) is 25.3. The van der Waals surface area contributed by atoms with E-state index in [-0.39, 0.29) is 12.8 Å². The van der Waals surface area contributed by atoms with E-state index in [1.54, 1.807) is 0 Å². The topological polar surface area (TPSA) is 226 Å². The molecule has 0 spiro atoms. The number of aliphatic hydroxyl groups is 7. The molecule has 1 amide bonds. The van der Waals surface area contributed by atoms with E-state index in [0.717, 1.165) is 64.2 Å². The Balaban J connectivity index is 2.59. The van der Waals surface area contributed by atoms with E-state index < -0.39 is 75.2 Å². The van der Waals surface area contributed by atoms with Crippen LogP contribution >= 0.6 is 7.82 Å². The van der Waals surface area contributed by atoms with Gasteiger partial charge in [-0.2, -0.15) is 0 Å². The van der Waals surface area contributed by atoms with Gasteiger partial charge in [0.25, 0.3) is 0 Å². The molecule has 0 heterocycles. The standard InChI is InChI=1S/C39H76NO12P/c1-3-5-7-9-11-13-14-15-16-17-18-19-21-23-25-27-32(42)31(40-33(43)28-30(41)26-24-22-20-12-10-8-6-4-2)29-51-53(49,50)52-39-37(47)35(45)34(44)36(46)38(39)48/h10,12,30-32,34-39,41-42,44-48H,3-9,11,13-29H2,1-2H3,(H,40,43)(H,49,50)/b12-10-. The highest BCUT2D eigenvalue weighted by Crippen LogP contribution is 2.47. The molecule has 9 N–H and O–H groups in total. The molecule has 0 aromatic heterocycles. The Morgan fingerprint density at radius 1 is 0.642 bits per heavy atom. The van der Waals surface area contributed by atoms with Crippen LogP contribution in [-0.2, 0) is 18.4 Å². The van der Waals surface area contributed by atoms with E-state index in [9.17, 15) is 50.0 Å². The Morgan fingerprint density at radius 2 is 1.08 bits per heavy atom. The summed E-state index contributed by atoms with van der Waals surface area (Å²) in [5.74, 6) is -0.576. The molecule has 1 aliphatic rings. The van der Waals surface area contributed by atoms with Crippen LogP contribution in [0.5, 0.6) is 0 Å². The zero-order valence-electron chi connectivity index (χ0n) is 32.7. The summed E-state index contributed by atoms with van der Waals surface area (Å²) in [6, 6.07) is -1.15. The highest BCUT2D eigenvalue weighted by molar-refractivity contribution is 7.47. The average molecular weight is 782 g/mol. The van der Waals surface area contributed by atoms with Crippen molar-refractivity contribution in [3.63, 3.8) is 0 Å². The number of aliphatic hydroxyl groups excluding tert-OH is 7. The predicted octanol–water partition coefficient (Wildman–Crippen LogP) is 5.47. The summed E-state index contributed by atoms with van der Waals surface area (Å²) in [7, 11) is -5.11. The van der Waals surface area contributed by atoms with E-state index >= 15 is 0 Å². The maximum Gasteiger partial charge on any atom is 0.472 e. The molecule has 8 unspecified atom stereocenters. The molecule has 0 aliphatic heterocycles. The number of rotatable bonds is 33. The minimum absolute atomic E-state index is 0.236. The predicted molar refractivity (Wildman–Crippen MR) is 206 cm³/mol. The van der Waals surface area contributed by atoms with Crippen molar-refractivity contribution in [2.24, 2.45) is 0 Å². The largest absolute Gasteiger partial charge is 0.472 e. The van der Waals surface area contributed by atoms with Crippen LogP contribution in [-0.4, -0.2) is 108 Å². The molecule has 1 rings (SSSR count). The van der Waals surface area contributed by atoms with Crippen LogP contribution < -0.4 is 5.32 Å². The van der Waals surface area contributed by atoms with E-state index in [2.05, 4.69) is 31.3 Å². The molecule has 0 saturated heterocycles. The van der Waals surface area contributed by atoms with E-state index in [0.29, 0.717) is 12.8 Å². The second-order valence-corrected chi connectivity index (χ2v) is 16.4. The van der Waals surface area contributed by atoms with Crippen LogP contribution in [0.1, 0.15) is 168 Å². The molecular formula is C39H76NO12P. The van der Waals surface area contributed by atoms with Crippen molar-refractivity contribution < 1.29 is 59.0 Å². The molecule has 1 saturated carbocycles. The van der Waals surface area contributed by atoms with Gasteiger partial charge in [-0.1, -0.05) is 142 Å². The molecule has 0 aromatic carbocycles. The number of phosphoric acid groups is 1. The highest BCUT2D eigenvalue weighted by atomic mass is 31.2. The maximum atomic E-state index is 12.9. The van der Waals surface area contributed by atoms with Crippen molar-refractivity contribution >= 4 is 13.7 Å². The van der Waals surface area contributed by atoms with Gasteiger partial charge >= 0.3 is 7.82 Å². The number of phosphoric ester groups is 1. The number of unbranched alkanes of at least 4 members (excludes halogenated alkanes) is 18. The summed E-state index contributed by atoms with van der Waals surface area (Å²) in [6.07, 6.45) is 14.4. The molecule has 0 bridgehead atoms. The van der Waals surface area contributed by atoms with Gasteiger partial charge in [0.05, 0.1) is 31.3 Å². The summed E-state index contributed by atoms with van der Waals surface area (Å²) >= 11 is 0. The van der Waals surface area contributed by atoms with Crippen molar-refractivity contribution in [1.29, 1.82) is 0 Å². The molecule has 1 fully saturated rings. The first kappa shape index (κ1) is 50.1. The van der Waals surface area contributed by atoms with Gasteiger partial charge in [-0.05, 0) is 32.1 Å². The fraction of sp³-hybridized carbons (Fsp3) is 0.923. The van der Waals surface area contributed by atoms with Crippen molar-refractivity contribution in [3.8, 4) is 0 Å². The highest BCUT2D eigenvalue weighted by Gasteiger charge is 2.51. The Kier molecular flexibility index (Phi) is 28.5. The van der Waals surface area contributed by atoms with Gasteiger partial charge in [0.15, 0.2) is 0 Å². The smallest absolute Gasteiger partial charge is 0.393 e. The first-order valence-corrected chi connectivity index (χ1v) is 22.2. The molecule has 0 aromatic rings. The monoisotopic (exact) mass is 782 g/mol. The van der Waals surface area contributed by atoms with E-state index in [1.165, 1.54) is 64.2 Å². The number of nitrogens with one attached hydrogen (secondary N) is 1.